The zero-order valence-electron chi connectivity index (χ0n) is 38.4. The van der Waals surface area contributed by atoms with Crippen LogP contribution in [0.15, 0.2) is 0 Å². The first-order valence-electron chi connectivity index (χ1n) is 25.8. The van der Waals surface area contributed by atoms with Crippen LogP contribution in [0.1, 0.15) is 180 Å². The maximum absolute atomic E-state index is 13.6. The normalized spacial score (nSPS) is 36.3. The monoisotopic (exact) mass is 901 g/mol. The Balaban J connectivity index is 0.786. The third-order valence-corrected chi connectivity index (χ3v) is 17.0. The molecule has 0 bridgehead atoms. The van der Waals surface area contributed by atoms with Crippen molar-refractivity contribution < 1.29 is 58.3 Å². The minimum Gasteiger partial charge on any atom is -0.481 e. The Hall–Kier alpha value is -2.81. The maximum atomic E-state index is 13.6. The molecule has 362 valence electrons. The van der Waals surface area contributed by atoms with E-state index in [1.54, 1.807) is 0 Å². The van der Waals surface area contributed by atoms with Crippen LogP contribution in [0.3, 0.4) is 0 Å². The highest BCUT2D eigenvalue weighted by Crippen LogP contribution is 2.43. The van der Waals surface area contributed by atoms with Crippen molar-refractivity contribution >= 4 is 29.8 Å². The molecule has 0 aliphatic heterocycles. The lowest BCUT2D eigenvalue weighted by atomic mass is 9.66. The van der Waals surface area contributed by atoms with Crippen molar-refractivity contribution in [3.63, 3.8) is 0 Å². The molecule has 7 fully saturated rings. The van der Waals surface area contributed by atoms with E-state index in [2.05, 4.69) is 10.8 Å². The van der Waals surface area contributed by atoms with Gasteiger partial charge in [0.25, 0.3) is 0 Å². The van der Waals surface area contributed by atoms with Crippen LogP contribution in [0.4, 0.5) is 0 Å². The largest absolute Gasteiger partial charge is 0.481 e. The second-order valence-electron chi connectivity index (χ2n) is 21.3. The number of carbonyl (C=O) groups excluding carboxylic acids is 3. The first kappa shape index (κ1) is 49.1. The van der Waals surface area contributed by atoms with Gasteiger partial charge in [0.05, 0.1) is 67.2 Å². The summed E-state index contributed by atoms with van der Waals surface area (Å²) in [5.41, 5.74) is 2.53. The molecule has 7 rings (SSSR count). The second kappa shape index (κ2) is 24.3. The molecule has 0 heterocycles. The van der Waals surface area contributed by atoms with E-state index in [9.17, 15) is 39.4 Å². The maximum Gasteiger partial charge on any atom is 0.308 e. The summed E-state index contributed by atoms with van der Waals surface area (Å²) in [5.74, 6) is -4.97. The van der Waals surface area contributed by atoms with Crippen LogP contribution in [0, 0.1) is 53.3 Å². The Labute approximate surface area is 380 Å². The molecule has 7 atom stereocenters. The number of amides is 1. The molecule has 7 aliphatic carbocycles. The second-order valence-corrected chi connectivity index (χ2v) is 21.3. The Bertz CT molecular complexity index is 1510. The minimum atomic E-state index is -0.977. The van der Waals surface area contributed by atoms with Crippen molar-refractivity contribution in [1.29, 1.82) is 0 Å². The molecule has 0 aromatic carbocycles. The summed E-state index contributed by atoms with van der Waals surface area (Å²) in [7, 11) is 0. The fourth-order valence-corrected chi connectivity index (χ4v) is 13.1. The fraction of sp³-hybridized carbons (Fsp3) is 0.900. The molecule has 0 radical (unpaired) electrons. The molecular weight excluding hydrogens is 821 g/mol. The zero-order valence-corrected chi connectivity index (χ0v) is 38.4. The summed E-state index contributed by atoms with van der Waals surface area (Å²) in [5, 5.41) is 33.7. The topological polar surface area (TPSA) is 207 Å². The van der Waals surface area contributed by atoms with Gasteiger partial charge in [-0.3, -0.25) is 24.0 Å². The number of hydrogen-bond acceptors (Lipinski definition) is 11. The van der Waals surface area contributed by atoms with Crippen molar-refractivity contribution in [1.82, 2.24) is 10.8 Å². The van der Waals surface area contributed by atoms with E-state index >= 15 is 0 Å². The van der Waals surface area contributed by atoms with Crippen LogP contribution in [-0.2, 0) is 42.9 Å². The number of aliphatic carboxylic acids is 2. The molecule has 0 saturated heterocycles. The van der Waals surface area contributed by atoms with Gasteiger partial charge >= 0.3 is 23.9 Å². The predicted molar refractivity (Wildman–Crippen MR) is 236 cm³/mol. The highest BCUT2D eigenvalue weighted by molar-refractivity contribution is 5.86. The lowest BCUT2D eigenvalue weighted by molar-refractivity contribution is -0.158. The molecule has 0 aromatic heterocycles. The molecule has 5 N–H and O–H groups in total. The zero-order chi connectivity index (χ0) is 45.0. The van der Waals surface area contributed by atoms with E-state index in [1.807, 2.05) is 0 Å². The van der Waals surface area contributed by atoms with E-state index in [4.69, 9.17) is 18.9 Å². The van der Waals surface area contributed by atoms with Crippen molar-refractivity contribution in [3.8, 4) is 0 Å². The van der Waals surface area contributed by atoms with Gasteiger partial charge in [-0.25, -0.2) is 5.48 Å². The number of ether oxygens (including phenoxy) is 4. The number of rotatable bonds is 17. The highest BCUT2D eigenvalue weighted by Gasteiger charge is 2.46. The molecule has 0 spiro atoms. The number of esters is 2. The van der Waals surface area contributed by atoms with Crippen LogP contribution >= 0.6 is 0 Å². The number of carboxylic acid groups (broad SMARTS) is 2. The highest BCUT2D eigenvalue weighted by atomic mass is 16.5. The van der Waals surface area contributed by atoms with Gasteiger partial charge in [0, 0.05) is 12.1 Å². The van der Waals surface area contributed by atoms with Gasteiger partial charge in [-0.15, -0.1) is 0 Å². The Morgan fingerprint density at radius 2 is 0.922 bits per heavy atom. The van der Waals surface area contributed by atoms with Gasteiger partial charge in [0.1, 0.15) is 0 Å². The molecule has 14 heteroatoms. The molecule has 64 heavy (non-hydrogen) atoms. The molecule has 0 aromatic rings. The number of hydrogen-bond donors (Lipinski definition) is 5. The Morgan fingerprint density at radius 1 is 0.484 bits per heavy atom. The van der Waals surface area contributed by atoms with Gasteiger partial charge in [0.2, 0.25) is 5.91 Å². The van der Waals surface area contributed by atoms with Gasteiger partial charge in [-0.2, -0.15) is 0 Å². The molecule has 7 saturated carbocycles. The average molecular weight is 901 g/mol. The third kappa shape index (κ3) is 13.6. The average Bonchev–Trinajstić information content (AvgIpc) is 3.32. The van der Waals surface area contributed by atoms with E-state index in [0.29, 0.717) is 57.2 Å². The van der Waals surface area contributed by atoms with Crippen LogP contribution in [0.2, 0.25) is 0 Å². The van der Waals surface area contributed by atoms with E-state index in [-0.39, 0.29) is 72.5 Å². The smallest absolute Gasteiger partial charge is 0.308 e. The SMILES string of the molecule is O=C(OCC1CCCCC1)C1CCC(C(=O)O)C(C(=O)NC2CCC(OC3CCC(OC4CCC(C(NO)C5CC(C(=O)OCC6CCCCC6)CCC5C(=O)O)CC4)CC3)CC2)C1. The third-order valence-electron chi connectivity index (χ3n) is 17.0. The van der Waals surface area contributed by atoms with Crippen LogP contribution in [-0.4, -0.2) is 94.9 Å². The summed E-state index contributed by atoms with van der Waals surface area (Å²) in [4.78, 5) is 64.3. The first-order chi connectivity index (χ1) is 31.0. The van der Waals surface area contributed by atoms with Crippen molar-refractivity contribution in [2.75, 3.05) is 13.2 Å². The fourth-order valence-electron chi connectivity index (χ4n) is 13.1. The summed E-state index contributed by atoms with van der Waals surface area (Å²) in [6, 6.07) is -0.447. The lowest BCUT2D eigenvalue weighted by Crippen LogP contribution is -2.50. The van der Waals surface area contributed by atoms with Gasteiger partial charge in [-0.1, -0.05) is 38.5 Å². The lowest BCUT2D eigenvalue weighted by Gasteiger charge is -2.43. The van der Waals surface area contributed by atoms with Gasteiger partial charge < -0.3 is 39.7 Å². The molecule has 14 nitrogen and oxygen atoms in total. The number of carbonyl (C=O) groups is 5. The quantitative estimate of drug-likeness (QED) is 0.0691. The molecule has 7 unspecified atom stereocenters. The summed E-state index contributed by atoms with van der Waals surface area (Å²) in [6.45, 7) is 0.878. The van der Waals surface area contributed by atoms with Crippen molar-refractivity contribution in [2.24, 2.45) is 53.3 Å². The standard InChI is InChI=1S/C50H80N2O12/c53-46(44-28-35(14-26-42(44)48(56)57)50(59)62-30-32-9-5-2-6-10-32)51-36-15-19-38(20-16-36)64-40-23-21-39(22-24-40)63-37-17-11-33(12-18-37)45(52-60)43-27-34(13-25-41(43)47(54)55)49(58)61-29-31-7-3-1-4-8-31/h31-45,52,60H,1-30H2,(H,51,53)(H,54,55)(H,56,57). The first-order valence-corrected chi connectivity index (χ1v) is 25.8. The van der Waals surface area contributed by atoms with E-state index in [0.717, 1.165) is 103 Å². The molecular formula is C50H80N2O12. The predicted octanol–water partition coefficient (Wildman–Crippen LogP) is 8.15. The van der Waals surface area contributed by atoms with Crippen LogP contribution in [0.5, 0.6) is 0 Å². The summed E-state index contributed by atoms with van der Waals surface area (Å²) < 4.78 is 24.7. The molecule has 7 aliphatic rings. The van der Waals surface area contributed by atoms with Crippen LogP contribution in [0.25, 0.3) is 0 Å². The van der Waals surface area contributed by atoms with E-state index in [1.165, 1.54) is 38.5 Å². The van der Waals surface area contributed by atoms with E-state index < -0.39 is 41.7 Å². The van der Waals surface area contributed by atoms with Gasteiger partial charge in [-0.05, 0) is 165 Å². The Kier molecular flexibility index (Phi) is 18.6. The van der Waals surface area contributed by atoms with Crippen molar-refractivity contribution in [3.05, 3.63) is 0 Å². The van der Waals surface area contributed by atoms with Crippen molar-refractivity contribution in [2.45, 2.75) is 216 Å². The van der Waals surface area contributed by atoms with Gasteiger partial charge in [0.15, 0.2) is 0 Å². The summed E-state index contributed by atoms with van der Waals surface area (Å²) in [6.07, 6.45) is 24.6. The number of nitrogens with one attached hydrogen (secondary N) is 2. The number of hydroxylamine groups is 1. The molecule has 1 amide bonds. The number of carboxylic acids is 2. The minimum absolute atomic E-state index is 0.0410. The summed E-state index contributed by atoms with van der Waals surface area (Å²) >= 11 is 0. The Morgan fingerprint density at radius 3 is 1.39 bits per heavy atom. The van der Waals surface area contributed by atoms with Crippen LogP contribution < -0.4 is 10.8 Å².